The maximum atomic E-state index is 11.7. The molecule has 136 valence electrons. The number of alkyl halides is 6. The Labute approximate surface area is 142 Å². The second-order valence-corrected chi connectivity index (χ2v) is 5.90. The Kier molecular flexibility index (Phi) is 5.80. The van der Waals surface area contributed by atoms with Crippen molar-refractivity contribution in [2.24, 2.45) is 5.92 Å². The molecule has 2 aromatic rings. The summed E-state index contributed by atoms with van der Waals surface area (Å²) in [5.41, 5.74) is 4.41. The van der Waals surface area contributed by atoms with Crippen LogP contribution in [0, 0.1) is 5.92 Å². The zero-order chi connectivity index (χ0) is 18.7. The molecule has 3 rings (SSSR count). The summed E-state index contributed by atoms with van der Waals surface area (Å²) in [7, 11) is 0. The predicted octanol–water partition coefficient (Wildman–Crippen LogP) is 6.71. The lowest BCUT2D eigenvalue weighted by atomic mass is 10.0. The highest BCUT2D eigenvalue weighted by atomic mass is 19.4. The first-order chi connectivity index (χ1) is 11.7. The van der Waals surface area contributed by atoms with Gasteiger partial charge in [0, 0.05) is 5.92 Å². The number of fused-ring (bicyclic) bond motifs is 1. The van der Waals surface area contributed by atoms with Gasteiger partial charge >= 0.3 is 12.4 Å². The molecule has 0 N–H and O–H groups in total. The maximum Gasteiger partial charge on any atom is 0.400 e. The van der Waals surface area contributed by atoms with Crippen LogP contribution in [-0.2, 0) is 0 Å². The fourth-order valence-corrected chi connectivity index (χ4v) is 2.77. The van der Waals surface area contributed by atoms with Crippen molar-refractivity contribution >= 4 is 0 Å². The molecule has 0 saturated heterocycles. The molecular weight excluding hydrogens is 342 g/mol. The van der Waals surface area contributed by atoms with Crippen molar-refractivity contribution in [1.82, 2.24) is 0 Å². The van der Waals surface area contributed by atoms with Crippen molar-refractivity contribution in [2.45, 2.75) is 38.0 Å². The molecule has 2 aromatic carbocycles. The van der Waals surface area contributed by atoms with Gasteiger partial charge < -0.3 is 0 Å². The van der Waals surface area contributed by atoms with Crippen molar-refractivity contribution in [2.75, 3.05) is 0 Å². The predicted molar refractivity (Wildman–Crippen MR) is 84.3 cm³/mol. The van der Waals surface area contributed by atoms with Crippen LogP contribution < -0.4 is 0 Å². The summed E-state index contributed by atoms with van der Waals surface area (Å²) in [5, 5.41) is 0. The molecule has 0 radical (unpaired) electrons. The van der Waals surface area contributed by atoms with E-state index >= 15 is 0 Å². The van der Waals surface area contributed by atoms with E-state index < -0.39 is 24.7 Å². The van der Waals surface area contributed by atoms with Crippen molar-refractivity contribution < 1.29 is 26.3 Å². The summed E-state index contributed by atoms with van der Waals surface area (Å²) in [6.45, 7) is 1.28. The normalized spacial score (nSPS) is 13.9. The average molecular weight is 360 g/mol. The summed E-state index contributed by atoms with van der Waals surface area (Å²) >= 11 is 0. The van der Waals surface area contributed by atoms with E-state index in [-0.39, 0.29) is 6.42 Å². The molecule has 1 aliphatic carbocycles. The Balaban J connectivity index is 0.000000182. The van der Waals surface area contributed by atoms with Gasteiger partial charge in [0.2, 0.25) is 0 Å². The molecule has 0 amide bonds. The van der Waals surface area contributed by atoms with E-state index in [2.05, 4.69) is 54.6 Å². The van der Waals surface area contributed by atoms with E-state index in [9.17, 15) is 26.3 Å². The summed E-state index contributed by atoms with van der Waals surface area (Å²) in [4.78, 5) is 0. The van der Waals surface area contributed by atoms with E-state index in [1.165, 1.54) is 23.6 Å². The van der Waals surface area contributed by atoms with Gasteiger partial charge in [-0.15, -0.1) is 0 Å². The molecule has 25 heavy (non-hydrogen) atoms. The monoisotopic (exact) mass is 360 g/mol. The summed E-state index contributed by atoms with van der Waals surface area (Å²) in [5.74, 6) is -2.58. The van der Waals surface area contributed by atoms with Crippen molar-refractivity contribution in [1.29, 1.82) is 0 Å². The molecule has 0 heterocycles. The van der Waals surface area contributed by atoms with Crippen LogP contribution in [0.4, 0.5) is 26.3 Å². The highest BCUT2D eigenvalue weighted by Gasteiger charge is 2.55. The van der Waals surface area contributed by atoms with Gasteiger partial charge in [-0.05, 0) is 23.1 Å². The molecule has 0 unspecified atom stereocenters. The maximum absolute atomic E-state index is 11.7. The molecule has 0 atom stereocenters. The molecule has 6 heteroatoms. The minimum atomic E-state index is -5.17. The third kappa shape index (κ3) is 5.00. The van der Waals surface area contributed by atoms with Gasteiger partial charge in [0.15, 0.2) is 5.92 Å². The van der Waals surface area contributed by atoms with Crippen LogP contribution in [0.3, 0.4) is 0 Å². The summed E-state index contributed by atoms with van der Waals surface area (Å²) < 4.78 is 70.1. The van der Waals surface area contributed by atoms with Gasteiger partial charge in [0.05, 0.1) is 0 Å². The van der Waals surface area contributed by atoms with Gasteiger partial charge in [-0.2, -0.15) is 26.3 Å². The molecule has 0 aromatic heterocycles. The first-order valence-electron chi connectivity index (χ1n) is 7.93. The summed E-state index contributed by atoms with van der Waals surface area (Å²) in [6, 6.07) is 19.3. The summed E-state index contributed by atoms with van der Waals surface area (Å²) in [6.07, 6.45) is -11.4. The fourth-order valence-electron chi connectivity index (χ4n) is 2.77. The van der Waals surface area contributed by atoms with Gasteiger partial charge in [0.25, 0.3) is 0 Å². The van der Waals surface area contributed by atoms with E-state index in [1.54, 1.807) is 0 Å². The van der Waals surface area contributed by atoms with Crippen LogP contribution in [0.5, 0.6) is 0 Å². The minimum Gasteiger partial charge on any atom is -0.170 e. The highest BCUT2D eigenvalue weighted by Crippen LogP contribution is 2.47. The molecule has 0 nitrogen and oxygen atoms in total. The van der Waals surface area contributed by atoms with E-state index in [1.807, 2.05) is 0 Å². The number of hydrogen-bond acceptors (Lipinski definition) is 0. The van der Waals surface area contributed by atoms with Crippen LogP contribution >= 0.6 is 0 Å². The molecule has 0 saturated carbocycles. The van der Waals surface area contributed by atoms with Crippen LogP contribution in [0.2, 0.25) is 0 Å². The lowest BCUT2D eigenvalue weighted by Crippen LogP contribution is -2.36. The second-order valence-electron chi connectivity index (χ2n) is 5.90. The van der Waals surface area contributed by atoms with Gasteiger partial charge in [-0.1, -0.05) is 67.9 Å². The topological polar surface area (TPSA) is 0 Å². The van der Waals surface area contributed by atoms with Gasteiger partial charge in [0.1, 0.15) is 0 Å². The van der Waals surface area contributed by atoms with Crippen molar-refractivity contribution in [3.63, 3.8) is 0 Å². The Bertz CT molecular complexity index is 635. The third-order valence-corrected chi connectivity index (χ3v) is 4.04. The number of hydrogen-bond donors (Lipinski definition) is 0. The fraction of sp³-hybridized carbons (Fsp3) is 0.368. The van der Waals surface area contributed by atoms with Crippen LogP contribution in [0.1, 0.15) is 42.4 Å². The van der Waals surface area contributed by atoms with E-state index in [4.69, 9.17) is 0 Å². The Morgan fingerprint density at radius 1 is 0.760 bits per heavy atom. The standard InChI is InChI=1S/C13H10.C6H8F6/c1-2-6-10(7-3-1)13-11-8-4-5-9-12(11)13;1-2-3-4(5(7,8)9)6(10,11)12/h1-9,13H;4H,2-3H2,1H3. The van der Waals surface area contributed by atoms with Crippen LogP contribution in [-0.4, -0.2) is 12.4 Å². The molecule has 0 aliphatic heterocycles. The third-order valence-electron chi connectivity index (χ3n) is 4.04. The lowest BCUT2D eigenvalue weighted by Gasteiger charge is -2.21. The molecule has 0 bridgehead atoms. The quantitative estimate of drug-likeness (QED) is 0.456. The van der Waals surface area contributed by atoms with E-state index in [0.717, 1.165) is 0 Å². The van der Waals surface area contributed by atoms with Crippen LogP contribution in [0.25, 0.3) is 0 Å². The molecule has 0 spiro atoms. The minimum absolute atomic E-state index is 0.135. The SMILES string of the molecule is CCCC(C(F)(F)F)C(F)(F)F.c1ccc(C2c3ccccc32)cc1. The smallest absolute Gasteiger partial charge is 0.170 e. The zero-order valence-electron chi connectivity index (χ0n) is 13.5. The Hall–Kier alpha value is -1.98. The number of benzene rings is 2. The van der Waals surface area contributed by atoms with E-state index in [0.29, 0.717) is 5.92 Å². The number of rotatable bonds is 3. The first kappa shape index (κ1) is 19.3. The van der Waals surface area contributed by atoms with Crippen LogP contribution in [0.15, 0.2) is 54.6 Å². The Morgan fingerprint density at radius 2 is 1.20 bits per heavy atom. The number of halogens is 6. The van der Waals surface area contributed by atoms with Crippen molar-refractivity contribution in [3.8, 4) is 0 Å². The molecule has 1 aliphatic rings. The zero-order valence-corrected chi connectivity index (χ0v) is 13.5. The first-order valence-corrected chi connectivity index (χ1v) is 7.93. The van der Waals surface area contributed by atoms with Crippen molar-refractivity contribution in [3.05, 3.63) is 71.3 Å². The van der Waals surface area contributed by atoms with Gasteiger partial charge in [-0.3, -0.25) is 0 Å². The molecular formula is C19H18F6. The second kappa shape index (κ2) is 7.50. The van der Waals surface area contributed by atoms with Gasteiger partial charge in [-0.25, -0.2) is 0 Å². The Morgan fingerprint density at radius 3 is 1.56 bits per heavy atom. The average Bonchev–Trinajstić information content (AvgIpc) is 3.26. The highest BCUT2D eigenvalue weighted by molar-refractivity contribution is 5.59. The molecule has 0 fully saturated rings. The largest absolute Gasteiger partial charge is 0.400 e. The lowest BCUT2D eigenvalue weighted by molar-refractivity contribution is -0.285.